The first-order valence-corrected chi connectivity index (χ1v) is 7.16. The van der Waals surface area contributed by atoms with E-state index in [0.29, 0.717) is 24.4 Å². The summed E-state index contributed by atoms with van der Waals surface area (Å²) in [5.41, 5.74) is 1.96. The van der Waals surface area contributed by atoms with Crippen molar-refractivity contribution in [1.82, 2.24) is 0 Å². The van der Waals surface area contributed by atoms with Crippen LogP contribution in [0.2, 0.25) is 0 Å². The van der Waals surface area contributed by atoms with Crippen LogP contribution in [-0.4, -0.2) is 25.0 Å². The van der Waals surface area contributed by atoms with Gasteiger partial charge in [0.15, 0.2) is 5.78 Å². The topological polar surface area (TPSA) is 46.6 Å². The average molecular weight is 311 g/mol. The summed E-state index contributed by atoms with van der Waals surface area (Å²) in [6.45, 7) is 0.885. The number of cyclic esters (lactones) is 1. The highest BCUT2D eigenvalue weighted by atomic mass is 19.1. The van der Waals surface area contributed by atoms with Crippen LogP contribution >= 0.6 is 0 Å². The van der Waals surface area contributed by atoms with E-state index < -0.39 is 0 Å². The summed E-state index contributed by atoms with van der Waals surface area (Å²) in [5.74, 6) is -0.477. The molecule has 0 N–H and O–H groups in total. The van der Waals surface area contributed by atoms with Gasteiger partial charge in [0.25, 0.3) is 0 Å². The van der Waals surface area contributed by atoms with Gasteiger partial charge in [0.2, 0.25) is 0 Å². The summed E-state index contributed by atoms with van der Waals surface area (Å²) < 4.78 is 17.7. The zero-order valence-electron chi connectivity index (χ0n) is 12.2. The molecule has 1 aliphatic heterocycles. The number of ether oxygens (including phenoxy) is 1. The summed E-state index contributed by atoms with van der Waals surface area (Å²) >= 11 is 0. The number of allylic oxidation sites excluding steroid dienone is 1. The number of hydrogen-bond donors (Lipinski definition) is 0. The lowest BCUT2D eigenvalue weighted by Crippen LogP contribution is -2.23. The van der Waals surface area contributed by atoms with E-state index in [1.165, 1.54) is 23.1 Å². The molecule has 1 heterocycles. The van der Waals surface area contributed by atoms with Gasteiger partial charge in [-0.15, -0.1) is 0 Å². The van der Waals surface area contributed by atoms with Crippen LogP contribution in [0.5, 0.6) is 0 Å². The van der Waals surface area contributed by atoms with Gasteiger partial charge < -0.3 is 4.74 Å². The largest absolute Gasteiger partial charge is 0.447 e. The molecule has 0 unspecified atom stereocenters. The number of hydrogen-bond acceptors (Lipinski definition) is 3. The van der Waals surface area contributed by atoms with Gasteiger partial charge in [-0.1, -0.05) is 18.2 Å². The van der Waals surface area contributed by atoms with Crippen LogP contribution in [0.15, 0.2) is 54.6 Å². The highest BCUT2D eigenvalue weighted by molar-refractivity contribution is 6.07. The van der Waals surface area contributed by atoms with E-state index >= 15 is 0 Å². The fourth-order valence-corrected chi connectivity index (χ4v) is 2.28. The highest BCUT2D eigenvalue weighted by Crippen LogP contribution is 2.19. The Morgan fingerprint density at radius 3 is 2.39 bits per heavy atom. The SMILES string of the molecule is O=C(/C=C/c1ccc(F)cc1)c1ccc(N2CCOC2=O)cc1. The second kappa shape index (κ2) is 6.44. The minimum absolute atomic E-state index is 0.162. The molecule has 2 aromatic rings. The van der Waals surface area contributed by atoms with E-state index in [1.54, 1.807) is 42.5 Å². The first-order valence-electron chi connectivity index (χ1n) is 7.16. The zero-order valence-corrected chi connectivity index (χ0v) is 12.2. The molecular formula is C18H14FNO3. The van der Waals surface area contributed by atoms with Gasteiger partial charge >= 0.3 is 6.09 Å². The average Bonchev–Trinajstić information content (AvgIpc) is 3.00. The number of rotatable bonds is 4. The number of carbonyl (C=O) groups excluding carboxylic acids is 2. The molecular weight excluding hydrogens is 297 g/mol. The van der Waals surface area contributed by atoms with Crippen molar-refractivity contribution in [2.45, 2.75) is 0 Å². The predicted molar refractivity (Wildman–Crippen MR) is 84.9 cm³/mol. The Labute approximate surface area is 132 Å². The van der Waals surface area contributed by atoms with Crippen LogP contribution in [0, 0.1) is 5.82 Å². The Balaban J connectivity index is 1.70. The van der Waals surface area contributed by atoms with E-state index in [0.717, 1.165) is 5.56 Å². The van der Waals surface area contributed by atoms with Gasteiger partial charge in [-0.2, -0.15) is 0 Å². The molecule has 0 saturated carbocycles. The first kappa shape index (κ1) is 15.0. The second-order valence-corrected chi connectivity index (χ2v) is 5.06. The Bertz CT molecular complexity index is 751. The number of halogens is 1. The molecule has 0 aliphatic carbocycles. The standard InChI is InChI=1S/C18H14FNO3/c19-15-6-1-13(2-7-15)3-10-17(21)14-4-8-16(9-5-14)20-11-12-23-18(20)22/h1-10H,11-12H2/b10-3+. The maximum Gasteiger partial charge on any atom is 0.414 e. The molecule has 1 amide bonds. The Morgan fingerprint density at radius 2 is 1.78 bits per heavy atom. The minimum atomic E-state index is -0.375. The van der Waals surface area contributed by atoms with Crippen LogP contribution in [0.4, 0.5) is 14.9 Å². The fourth-order valence-electron chi connectivity index (χ4n) is 2.28. The van der Waals surface area contributed by atoms with Crippen molar-refractivity contribution >= 4 is 23.6 Å². The van der Waals surface area contributed by atoms with Crippen LogP contribution in [0.1, 0.15) is 15.9 Å². The molecule has 23 heavy (non-hydrogen) atoms. The zero-order chi connectivity index (χ0) is 16.2. The predicted octanol–water partition coefficient (Wildman–Crippen LogP) is 3.68. The molecule has 0 aromatic heterocycles. The Kier molecular flexibility index (Phi) is 4.19. The number of nitrogens with zero attached hydrogens (tertiary/aromatic N) is 1. The third-order valence-corrected chi connectivity index (χ3v) is 3.52. The van der Waals surface area contributed by atoms with Gasteiger partial charge in [0.1, 0.15) is 12.4 Å². The number of ketones is 1. The van der Waals surface area contributed by atoms with E-state index in [2.05, 4.69) is 0 Å². The minimum Gasteiger partial charge on any atom is -0.447 e. The normalized spacial score (nSPS) is 14.3. The molecule has 3 rings (SSSR count). The lowest BCUT2D eigenvalue weighted by molar-refractivity contribution is 0.104. The van der Waals surface area contributed by atoms with Gasteiger partial charge in [-0.25, -0.2) is 9.18 Å². The molecule has 0 radical (unpaired) electrons. The van der Waals surface area contributed by atoms with Crippen LogP contribution in [0.3, 0.4) is 0 Å². The lowest BCUT2D eigenvalue weighted by atomic mass is 10.1. The molecule has 1 fully saturated rings. The quantitative estimate of drug-likeness (QED) is 0.639. The molecule has 1 saturated heterocycles. The number of carbonyl (C=O) groups is 2. The van der Waals surface area contributed by atoms with Crippen LogP contribution in [0.25, 0.3) is 6.08 Å². The maximum atomic E-state index is 12.8. The summed E-state index contributed by atoms with van der Waals surface area (Å²) in [6, 6.07) is 12.6. The third kappa shape index (κ3) is 3.45. The number of benzene rings is 2. The van der Waals surface area contributed by atoms with Gasteiger partial charge in [-0.3, -0.25) is 9.69 Å². The Hall–Kier alpha value is -2.95. The first-order chi connectivity index (χ1) is 11.1. The van der Waals surface area contributed by atoms with Crippen molar-refractivity contribution in [3.05, 3.63) is 71.6 Å². The van der Waals surface area contributed by atoms with E-state index in [1.807, 2.05) is 0 Å². The number of amides is 1. The van der Waals surface area contributed by atoms with Crippen molar-refractivity contribution in [1.29, 1.82) is 0 Å². The van der Waals surface area contributed by atoms with Crippen molar-refractivity contribution in [3.63, 3.8) is 0 Å². The van der Waals surface area contributed by atoms with Gasteiger partial charge in [0, 0.05) is 11.3 Å². The van der Waals surface area contributed by atoms with Crippen LogP contribution in [-0.2, 0) is 4.74 Å². The van der Waals surface area contributed by atoms with Crippen LogP contribution < -0.4 is 4.90 Å². The Morgan fingerprint density at radius 1 is 1.09 bits per heavy atom. The second-order valence-electron chi connectivity index (χ2n) is 5.06. The van der Waals surface area contributed by atoms with Gasteiger partial charge in [0.05, 0.1) is 6.54 Å². The maximum absolute atomic E-state index is 12.8. The van der Waals surface area contributed by atoms with Crippen molar-refractivity contribution in [2.75, 3.05) is 18.1 Å². The molecule has 4 nitrogen and oxygen atoms in total. The molecule has 2 aromatic carbocycles. The van der Waals surface area contributed by atoms with E-state index in [-0.39, 0.29) is 17.7 Å². The summed E-state index contributed by atoms with van der Waals surface area (Å²) in [7, 11) is 0. The highest BCUT2D eigenvalue weighted by Gasteiger charge is 2.23. The molecule has 0 bridgehead atoms. The molecule has 1 aliphatic rings. The molecule has 116 valence electrons. The summed E-state index contributed by atoms with van der Waals surface area (Å²) in [4.78, 5) is 25.1. The van der Waals surface area contributed by atoms with E-state index in [9.17, 15) is 14.0 Å². The molecule has 0 atom stereocenters. The third-order valence-electron chi connectivity index (χ3n) is 3.52. The fraction of sp³-hybridized carbons (Fsp3) is 0.111. The van der Waals surface area contributed by atoms with Crippen molar-refractivity contribution < 1.29 is 18.7 Å². The lowest BCUT2D eigenvalue weighted by Gasteiger charge is -2.12. The van der Waals surface area contributed by atoms with Crippen molar-refractivity contribution in [2.24, 2.45) is 0 Å². The summed E-state index contributed by atoms with van der Waals surface area (Å²) in [6.07, 6.45) is 2.69. The molecule has 0 spiro atoms. The van der Waals surface area contributed by atoms with E-state index in [4.69, 9.17) is 4.74 Å². The summed E-state index contributed by atoms with van der Waals surface area (Å²) in [5, 5.41) is 0. The number of anilines is 1. The van der Waals surface area contributed by atoms with Gasteiger partial charge in [-0.05, 0) is 48.0 Å². The van der Waals surface area contributed by atoms with Crippen molar-refractivity contribution in [3.8, 4) is 0 Å². The molecule has 5 heteroatoms. The smallest absolute Gasteiger partial charge is 0.414 e. The monoisotopic (exact) mass is 311 g/mol.